The molecule has 0 aliphatic carbocycles. The summed E-state index contributed by atoms with van der Waals surface area (Å²) in [5.41, 5.74) is 1.41. The molecule has 3 aromatic rings. The number of nitrogens with zero attached hydrogens (tertiary/aromatic N) is 2. The minimum Gasteiger partial charge on any atom is -0.497 e. The molecule has 2 aromatic carbocycles. The summed E-state index contributed by atoms with van der Waals surface area (Å²) in [4.78, 5) is 28.9. The molecule has 2 amide bonds. The minimum absolute atomic E-state index is 0.227. The highest BCUT2D eigenvalue weighted by Gasteiger charge is 2.31. The van der Waals surface area contributed by atoms with E-state index in [2.05, 4.69) is 15.0 Å². The van der Waals surface area contributed by atoms with E-state index in [4.69, 9.17) is 9.47 Å². The zero-order valence-corrected chi connectivity index (χ0v) is 19.8. The molecule has 0 aliphatic rings. The molecule has 8 nitrogen and oxygen atoms in total. The van der Waals surface area contributed by atoms with E-state index in [1.54, 1.807) is 28.1 Å². The molecule has 0 spiro atoms. The second-order valence-corrected chi connectivity index (χ2v) is 7.93. The summed E-state index contributed by atoms with van der Waals surface area (Å²) in [6, 6.07) is 10.1. The molecule has 0 saturated carbocycles. The topological polar surface area (TPSA) is 91.1 Å². The van der Waals surface area contributed by atoms with Crippen LogP contribution in [0.4, 0.5) is 13.2 Å². The molecule has 0 radical (unpaired) electrons. The van der Waals surface area contributed by atoms with Crippen molar-refractivity contribution in [1.82, 2.24) is 9.88 Å². The van der Waals surface area contributed by atoms with Crippen molar-refractivity contribution in [1.29, 1.82) is 0 Å². The van der Waals surface area contributed by atoms with Crippen molar-refractivity contribution in [3.05, 3.63) is 58.2 Å². The van der Waals surface area contributed by atoms with E-state index < -0.39 is 12.3 Å². The van der Waals surface area contributed by atoms with Crippen LogP contribution in [0.2, 0.25) is 0 Å². The van der Waals surface area contributed by atoms with E-state index in [9.17, 15) is 22.8 Å². The van der Waals surface area contributed by atoms with Gasteiger partial charge in [0.1, 0.15) is 17.2 Å². The van der Waals surface area contributed by atoms with Gasteiger partial charge < -0.3 is 24.1 Å². The van der Waals surface area contributed by atoms with E-state index in [0.717, 1.165) is 0 Å². The number of ether oxygens (including phenoxy) is 3. The number of thiazole rings is 1. The fourth-order valence-electron chi connectivity index (χ4n) is 3.16. The van der Waals surface area contributed by atoms with E-state index in [0.29, 0.717) is 27.6 Å². The average molecular weight is 510 g/mol. The third-order valence-corrected chi connectivity index (χ3v) is 5.59. The number of nitrogens with one attached hydrogen (secondary N) is 1. The predicted octanol–water partition coefficient (Wildman–Crippen LogP) is 4.01. The number of benzene rings is 2. The molecule has 1 heterocycles. The Kier molecular flexibility index (Phi) is 8.18. The minimum atomic E-state index is -4.79. The van der Waals surface area contributed by atoms with Crippen LogP contribution in [0.15, 0.2) is 52.8 Å². The van der Waals surface area contributed by atoms with Crippen molar-refractivity contribution in [3.63, 3.8) is 0 Å². The predicted molar refractivity (Wildman–Crippen MR) is 123 cm³/mol. The third kappa shape index (κ3) is 6.85. The molecule has 35 heavy (non-hydrogen) atoms. The number of methoxy groups -OCH3 is 2. The van der Waals surface area contributed by atoms with E-state index in [-0.39, 0.29) is 30.3 Å². The van der Waals surface area contributed by atoms with Gasteiger partial charge in [0.15, 0.2) is 4.80 Å². The van der Waals surface area contributed by atoms with Gasteiger partial charge >= 0.3 is 6.36 Å². The van der Waals surface area contributed by atoms with Gasteiger partial charge in [0.05, 0.1) is 25.5 Å². The van der Waals surface area contributed by atoms with E-state index >= 15 is 0 Å². The first kappa shape index (κ1) is 25.8. The highest BCUT2D eigenvalue weighted by molar-refractivity contribution is 7.07. The first-order valence-electron chi connectivity index (χ1n) is 10.2. The van der Waals surface area contributed by atoms with Crippen molar-refractivity contribution < 1.29 is 37.0 Å². The third-order valence-electron chi connectivity index (χ3n) is 4.73. The van der Waals surface area contributed by atoms with Crippen LogP contribution < -0.4 is 24.3 Å². The van der Waals surface area contributed by atoms with E-state index in [1.165, 1.54) is 56.7 Å². The molecule has 1 N–H and O–H groups in total. The number of hydrogen-bond donors (Lipinski definition) is 1. The van der Waals surface area contributed by atoms with Gasteiger partial charge in [-0.15, -0.1) is 24.5 Å². The Labute approximate surface area is 202 Å². The second-order valence-electron chi connectivity index (χ2n) is 7.09. The monoisotopic (exact) mass is 509 g/mol. The molecule has 0 saturated heterocycles. The molecule has 0 atom stereocenters. The summed E-state index contributed by atoms with van der Waals surface area (Å²) >= 11 is 1.17. The number of aromatic nitrogens is 1. The van der Waals surface area contributed by atoms with Crippen LogP contribution in [0, 0.1) is 0 Å². The first-order valence-corrected chi connectivity index (χ1v) is 11.1. The van der Waals surface area contributed by atoms with Gasteiger partial charge in [-0.3, -0.25) is 9.59 Å². The Bertz CT molecular complexity index is 1270. The molecule has 0 bridgehead atoms. The highest BCUT2D eigenvalue weighted by Crippen LogP contribution is 2.28. The lowest BCUT2D eigenvalue weighted by Gasteiger charge is -2.12. The normalized spacial score (nSPS) is 11.8. The Morgan fingerprint density at radius 2 is 1.74 bits per heavy atom. The van der Waals surface area contributed by atoms with Crippen LogP contribution in [-0.4, -0.2) is 43.5 Å². The molecule has 3 rings (SSSR count). The van der Waals surface area contributed by atoms with Crippen LogP contribution in [0.25, 0.3) is 11.3 Å². The molecular formula is C23H22F3N3O5S. The highest BCUT2D eigenvalue weighted by atomic mass is 32.1. The number of carbonyl (C=O) groups is 2. The van der Waals surface area contributed by atoms with Crippen molar-refractivity contribution >= 4 is 23.2 Å². The lowest BCUT2D eigenvalue weighted by atomic mass is 10.1. The molecule has 186 valence electrons. The van der Waals surface area contributed by atoms with Gasteiger partial charge in [-0.25, -0.2) is 0 Å². The zero-order chi connectivity index (χ0) is 25.6. The Morgan fingerprint density at radius 3 is 2.34 bits per heavy atom. The largest absolute Gasteiger partial charge is 0.573 e. The second kappa shape index (κ2) is 11.1. The van der Waals surface area contributed by atoms with Crippen LogP contribution in [0.5, 0.6) is 17.2 Å². The van der Waals surface area contributed by atoms with Gasteiger partial charge in [0.25, 0.3) is 5.91 Å². The van der Waals surface area contributed by atoms with Crippen molar-refractivity contribution in [2.75, 3.05) is 20.8 Å². The SMILES string of the molecule is COc1ccc(C(=O)N=c2scc(-c3ccc(OC(F)(F)F)cc3)n2CCNC(C)=O)c(OC)c1. The van der Waals surface area contributed by atoms with Gasteiger partial charge in [-0.05, 0) is 42.0 Å². The molecule has 0 unspecified atom stereocenters. The number of halogens is 3. The molecule has 0 aliphatic heterocycles. The molecular weight excluding hydrogens is 487 g/mol. The Morgan fingerprint density at radius 1 is 1.06 bits per heavy atom. The summed E-state index contributed by atoms with van der Waals surface area (Å²) in [5.74, 6) is -0.332. The van der Waals surface area contributed by atoms with Crippen LogP contribution >= 0.6 is 11.3 Å². The zero-order valence-electron chi connectivity index (χ0n) is 19.0. The maximum atomic E-state index is 13.0. The van der Waals surface area contributed by atoms with Gasteiger partial charge in [-0.2, -0.15) is 4.99 Å². The first-order chi connectivity index (χ1) is 16.6. The summed E-state index contributed by atoms with van der Waals surface area (Å²) in [6.45, 7) is 1.90. The maximum absolute atomic E-state index is 13.0. The summed E-state index contributed by atoms with van der Waals surface area (Å²) in [5, 5.41) is 4.41. The standard InChI is InChI=1S/C23H22F3N3O5S/c1-14(30)27-10-11-29-19(15-4-6-16(7-5-15)34-23(24,25)26)13-35-22(29)28-21(31)18-9-8-17(32-2)12-20(18)33-3/h4-9,12-13H,10-11H2,1-3H3,(H,27,30). The fourth-order valence-corrected chi connectivity index (χ4v) is 4.09. The van der Waals surface area contributed by atoms with Gasteiger partial charge in [0, 0.05) is 31.5 Å². The number of alkyl halides is 3. The quantitative estimate of drug-likeness (QED) is 0.496. The van der Waals surface area contributed by atoms with Gasteiger partial charge in [-0.1, -0.05) is 0 Å². The fraction of sp³-hybridized carbons (Fsp3) is 0.261. The lowest BCUT2D eigenvalue weighted by Crippen LogP contribution is -2.28. The summed E-state index contributed by atoms with van der Waals surface area (Å²) < 4.78 is 53.5. The van der Waals surface area contributed by atoms with Crippen LogP contribution in [0.1, 0.15) is 17.3 Å². The summed E-state index contributed by atoms with van der Waals surface area (Å²) in [6.07, 6.45) is -4.79. The number of amides is 2. The van der Waals surface area contributed by atoms with Crippen molar-refractivity contribution in [3.8, 4) is 28.5 Å². The average Bonchev–Trinajstić information content (AvgIpc) is 3.20. The molecule has 0 fully saturated rings. The lowest BCUT2D eigenvalue weighted by molar-refractivity contribution is -0.274. The van der Waals surface area contributed by atoms with Crippen molar-refractivity contribution in [2.24, 2.45) is 4.99 Å². The van der Waals surface area contributed by atoms with Gasteiger partial charge in [0.2, 0.25) is 5.91 Å². The number of carbonyl (C=O) groups excluding carboxylic acids is 2. The number of rotatable bonds is 8. The van der Waals surface area contributed by atoms with Crippen LogP contribution in [0.3, 0.4) is 0 Å². The Hall–Kier alpha value is -3.80. The van der Waals surface area contributed by atoms with Crippen LogP contribution in [-0.2, 0) is 11.3 Å². The van der Waals surface area contributed by atoms with Crippen molar-refractivity contribution in [2.45, 2.75) is 19.8 Å². The smallest absolute Gasteiger partial charge is 0.497 e. The molecule has 1 aromatic heterocycles. The summed E-state index contributed by atoms with van der Waals surface area (Å²) in [7, 11) is 2.92. The number of hydrogen-bond acceptors (Lipinski definition) is 6. The Balaban J connectivity index is 2.00. The molecule has 12 heteroatoms. The van der Waals surface area contributed by atoms with E-state index in [1.807, 2.05) is 0 Å². The maximum Gasteiger partial charge on any atom is 0.573 e.